The zero-order valence-corrected chi connectivity index (χ0v) is 19.8. The van der Waals surface area contributed by atoms with E-state index in [4.69, 9.17) is 27.2 Å². The Kier molecular flexibility index (Phi) is 7.04. The van der Waals surface area contributed by atoms with Gasteiger partial charge in [0.25, 0.3) is 0 Å². The molecule has 3 aromatic rings. The summed E-state index contributed by atoms with van der Waals surface area (Å²) in [6, 6.07) is 2.74. The van der Waals surface area contributed by atoms with Crippen LogP contribution in [0.25, 0.3) is 22.3 Å². The third-order valence-corrected chi connectivity index (χ3v) is 6.17. The number of fused-ring (bicyclic) bond motifs is 1. The molecule has 0 spiro atoms. The van der Waals surface area contributed by atoms with Crippen LogP contribution in [-0.2, 0) is 10.3 Å². The number of hydrogen-bond acceptors (Lipinski definition) is 7. The average molecular weight is 496 g/mol. The fraction of sp³-hybridized carbons (Fsp3) is 0.522. The van der Waals surface area contributed by atoms with Crippen LogP contribution in [0.1, 0.15) is 51.4 Å². The minimum Gasteiger partial charge on any atom is -0.391 e. The van der Waals surface area contributed by atoms with Crippen molar-refractivity contribution in [2.45, 2.75) is 63.4 Å². The van der Waals surface area contributed by atoms with Crippen molar-refractivity contribution in [2.24, 2.45) is 0 Å². The van der Waals surface area contributed by atoms with E-state index in [-0.39, 0.29) is 28.6 Å². The predicted molar refractivity (Wildman–Crippen MR) is 125 cm³/mol. The second-order valence-electron chi connectivity index (χ2n) is 9.21. The Morgan fingerprint density at radius 3 is 2.56 bits per heavy atom. The fourth-order valence-corrected chi connectivity index (χ4v) is 4.33. The first kappa shape index (κ1) is 24.7. The van der Waals surface area contributed by atoms with Crippen molar-refractivity contribution < 1.29 is 23.7 Å². The number of alkyl halides is 1. The van der Waals surface area contributed by atoms with Gasteiger partial charge in [-0.1, -0.05) is 11.6 Å². The van der Waals surface area contributed by atoms with E-state index in [9.17, 15) is 13.9 Å². The number of imidazole rings is 1. The highest BCUT2D eigenvalue weighted by atomic mass is 35.5. The summed E-state index contributed by atoms with van der Waals surface area (Å²) in [5.74, 6) is -0.283. The van der Waals surface area contributed by atoms with Gasteiger partial charge in [-0.25, -0.2) is 23.7 Å². The summed E-state index contributed by atoms with van der Waals surface area (Å²) in [4.78, 5) is 12.2. The number of ether oxygens (including phenoxy) is 1. The topological polar surface area (TPSA) is 119 Å². The average Bonchev–Trinajstić information content (AvgIpc) is 3.14. The van der Waals surface area contributed by atoms with Crippen LogP contribution in [0.5, 0.6) is 0 Å². The lowest BCUT2D eigenvalue weighted by Crippen LogP contribution is -2.32. The molecule has 3 heterocycles. The zero-order chi connectivity index (χ0) is 24.6. The molecule has 1 atom stereocenters. The smallest absolute Gasteiger partial charge is 0.220 e. The summed E-state index contributed by atoms with van der Waals surface area (Å²) < 4.78 is 35.0. The molecule has 0 bridgehead atoms. The third-order valence-electron chi connectivity index (χ3n) is 5.89. The van der Waals surface area contributed by atoms with Crippen LogP contribution in [0, 0.1) is 5.82 Å². The molecule has 5 rings (SSSR count). The van der Waals surface area contributed by atoms with Crippen molar-refractivity contribution in [3.05, 3.63) is 35.0 Å². The van der Waals surface area contributed by atoms with Crippen molar-refractivity contribution in [1.82, 2.24) is 19.5 Å². The van der Waals surface area contributed by atoms with Gasteiger partial charge in [-0.3, -0.25) is 0 Å². The van der Waals surface area contributed by atoms with Gasteiger partial charge in [0.05, 0.1) is 35.1 Å². The van der Waals surface area contributed by atoms with E-state index >= 15 is 0 Å². The van der Waals surface area contributed by atoms with Crippen molar-refractivity contribution in [3.63, 3.8) is 0 Å². The van der Waals surface area contributed by atoms with Gasteiger partial charge >= 0.3 is 0 Å². The third kappa shape index (κ3) is 5.14. The lowest BCUT2D eigenvalue weighted by molar-refractivity contribution is -0.00535. The molecule has 1 aromatic carbocycles. The maximum absolute atomic E-state index is 14.9. The monoisotopic (exact) mass is 495 g/mol. The molecule has 1 unspecified atom stereocenters. The Morgan fingerprint density at radius 1 is 1.26 bits per heavy atom. The first-order chi connectivity index (χ1) is 16.0. The van der Waals surface area contributed by atoms with Gasteiger partial charge in [-0.05, 0) is 51.7 Å². The first-order valence-electron chi connectivity index (χ1n) is 11.2. The molecule has 2 fully saturated rings. The second kappa shape index (κ2) is 9.69. The van der Waals surface area contributed by atoms with Gasteiger partial charge in [0.2, 0.25) is 5.95 Å². The van der Waals surface area contributed by atoms with Crippen LogP contribution >= 0.6 is 11.6 Å². The number of aliphatic hydroxyl groups excluding tert-OH is 1. The van der Waals surface area contributed by atoms with Crippen LogP contribution in [0.4, 0.5) is 14.7 Å². The fourth-order valence-electron chi connectivity index (χ4n) is 4.13. The number of aromatic nitrogens is 4. The molecule has 184 valence electrons. The van der Waals surface area contributed by atoms with Gasteiger partial charge in [0.1, 0.15) is 23.1 Å². The van der Waals surface area contributed by atoms with E-state index in [2.05, 4.69) is 15.0 Å². The minimum absolute atomic E-state index is 0.0138. The molecule has 8 nitrogen and oxygen atoms in total. The molecule has 0 radical (unpaired) electrons. The summed E-state index contributed by atoms with van der Waals surface area (Å²) in [7, 11) is 0. The minimum atomic E-state index is -1.32. The Hall–Kier alpha value is -2.40. The number of anilines is 1. The molecule has 1 aliphatic carbocycles. The SMILES string of the molecule is CC(C)(O)c1nc2c(F)cc(-c3nc(N)ncc3Cl)cc2n1C1CC(F)C1.OC1CCCOC1. The molecule has 1 saturated heterocycles. The van der Waals surface area contributed by atoms with Crippen molar-refractivity contribution in [3.8, 4) is 11.3 Å². The molecule has 1 aliphatic heterocycles. The normalized spacial score (nSPS) is 22.7. The summed E-state index contributed by atoms with van der Waals surface area (Å²) in [6.07, 6.45) is 2.77. The van der Waals surface area contributed by atoms with Crippen molar-refractivity contribution >= 4 is 28.6 Å². The predicted octanol–water partition coefficient (Wildman–Crippen LogP) is 3.93. The molecule has 1 saturated carbocycles. The quantitative estimate of drug-likeness (QED) is 0.503. The molecule has 34 heavy (non-hydrogen) atoms. The van der Waals surface area contributed by atoms with Crippen LogP contribution in [-0.4, -0.2) is 55.2 Å². The number of rotatable bonds is 3. The van der Waals surface area contributed by atoms with E-state index in [0.29, 0.717) is 42.0 Å². The van der Waals surface area contributed by atoms with E-state index in [1.165, 1.54) is 12.3 Å². The maximum Gasteiger partial charge on any atom is 0.220 e. The number of benzene rings is 1. The highest BCUT2D eigenvalue weighted by Crippen LogP contribution is 2.41. The Labute approximate surface area is 200 Å². The number of nitrogens with two attached hydrogens (primary N) is 1. The number of nitrogen functional groups attached to an aromatic ring is 1. The van der Waals surface area contributed by atoms with Gasteiger partial charge < -0.3 is 25.3 Å². The van der Waals surface area contributed by atoms with Gasteiger partial charge in [0.15, 0.2) is 5.82 Å². The van der Waals surface area contributed by atoms with E-state index in [1.807, 2.05) is 0 Å². The number of nitrogens with zero attached hydrogens (tertiary/aromatic N) is 4. The van der Waals surface area contributed by atoms with Crippen LogP contribution in [0.3, 0.4) is 0 Å². The second-order valence-corrected chi connectivity index (χ2v) is 9.62. The first-order valence-corrected chi connectivity index (χ1v) is 11.5. The van der Waals surface area contributed by atoms with E-state index in [0.717, 1.165) is 19.4 Å². The summed E-state index contributed by atoms with van der Waals surface area (Å²) >= 11 is 6.16. The maximum atomic E-state index is 14.9. The molecular formula is C23H28ClF2N5O3. The Morgan fingerprint density at radius 2 is 2.00 bits per heavy atom. The largest absolute Gasteiger partial charge is 0.391 e. The molecule has 4 N–H and O–H groups in total. The van der Waals surface area contributed by atoms with Crippen LogP contribution in [0.15, 0.2) is 18.3 Å². The molecule has 2 aromatic heterocycles. The summed E-state index contributed by atoms with van der Waals surface area (Å²) in [6.45, 7) is 4.51. The Bertz CT molecular complexity index is 1170. The lowest BCUT2D eigenvalue weighted by Gasteiger charge is -2.34. The molecule has 11 heteroatoms. The summed E-state index contributed by atoms with van der Waals surface area (Å²) in [5.41, 5.74) is 5.57. The zero-order valence-electron chi connectivity index (χ0n) is 19.0. The van der Waals surface area contributed by atoms with Gasteiger partial charge in [-0.2, -0.15) is 0 Å². The molecule has 2 aliphatic rings. The van der Waals surface area contributed by atoms with Gasteiger partial charge in [-0.15, -0.1) is 0 Å². The van der Waals surface area contributed by atoms with E-state index in [1.54, 1.807) is 24.5 Å². The molecule has 0 amide bonds. The van der Waals surface area contributed by atoms with Crippen molar-refractivity contribution in [1.29, 1.82) is 0 Å². The number of halogens is 3. The molecular weight excluding hydrogens is 468 g/mol. The van der Waals surface area contributed by atoms with Gasteiger partial charge in [0, 0.05) is 18.2 Å². The highest BCUT2D eigenvalue weighted by molar-refractivity contribution is 6.33. The Balaban J connectivity index is 0.000000336. The number of aliphatic hydroxyl groups is 2. The van der Waals surface area contributed by atoms with Crippen LogP contribution in [0.2, 0.25) is 5.02 Å². The van der Waals surface area contributed by atoms with Crippen molar-refractivity contribution in [2.75, 3.05) is 18.9 Å². The standard InChI is InChI=1S/C18H18ClF2N5O.C5H10O2/c1-18(2,27)16-24-15-12(21)3-8(14-11(19)7-23-17(22)25-14)4-13(15)26(16)10-5-9(20)6-10;6-5-2-1-3-7-4-5/h3-4,7,9-10,27H,5-6H2,1-2H3,(H2,22,23,25);5-6H,1-4H2. The summed E-state index contributed by atoms with van der Waals surface area (Å²) in [5, 5.41) is 19.5. The van der Waals surface area contributed by atoms with Crippen LogP contribution < -0.4 is 5.73 Å². The lowest BCUT2D eigenvalue weighted by atomic mass is 9.89. The number of hydrogen-bond donors (Lipinski definition) is 3. The highest BCUT2D eigenvalue weighted by Gasteiger charge is 2.37. The van der Waals surface area contributed by atoms with E-state index < -0.39 is 17.6 Å².